The molecule has 0 aliphatic carbocycles. The molecule has 0 radical (unpaired) electrons. The van der Waals surface area contributed by atoms with Crippen molar-refractivity contribution in [3.63, 3.8) is 0 Å². The average Bonchev–Trinajstić information content (AvgIpc) is 2.89. The summed E-state index contributed by atoms with van der Waals surface area (Å²) in [6.07, 6.45) is 1.72. The summed E-state index contributed by atoms with van der Waals surface area (Å²) in [5.74, 6) is 1.12. The molecule has 0 N–H and O–H groups in total. The fourth-order valence-electron chi connectivity index (χ4n) is 2.76. The predicted molar refractivity (Wildman–Crippen MR) is 110 cm³/mol. The van der Waals surface area contributed by atoms with E-state index < -0.39 is 0 Å². The number of rotatable bonds is 4. The van der Waals surface area contributed by atoms with Crippen LogP contribution in [-0.4, -0.2) is 22.6 Å². The van der Waals surface area contributed by atoms with Crippen molar-refractivity contribution in [2.45, 2.75) is 33.1 Å². The van der Waals surface area contributed by atoms with Crippen molar-refractivity contribution in [1.29, 1.82) is 0 Å². The second kappa shape index (κ2) is 7.61. The van der Waals surface area contributed by atoms with E-state index in [0.29, 0.717) is 17.2 Å². The van der Waals surface area contributed by atoms with Crippen molar-refractivity contribution in [2.24, 2.45) is 0 Å². The maximum absolute atomic E-state index is 12.3. The molecule has 3 rings (SSSR count). The SMILES string of the molecule is CCN1C(=O)SC(=Cc2ccccc2Oc2ccc(C(C)(C)C)cc2)C1=O. The van der Waals surface area contributed by atoms with Crippen LogP contribution in [0.15, 0.2) is 53.4 Å². The minimum absolute atomic E-state index is 0.0819. The Kier molecular flexibility index (Phi) is 5.42. The van der Waals surface area contributed by atoms with Crippen LogP contribution in [0.5, 0.6) is 11.5 Å². The zero-order valence-electron chi connectivity index (χ0n) is 16.0. The molecular weight excluding hydrogens is 358 g/mol. The van der Waals surface area contributed by atoms with Gasteiger partial charge in [0.2, 0.25) is 0 Å². The molecule has 2 aromatic carbocycles. The molecule has 0 unspecified atom stereocenters. The molecule has 1 saturated heterocycles. The molecule has 1 heterocycles. The minimum Gasteiger partial charge on any atom is -0.457 e. The van der Waals surface area contributed by atoms with E-state index in [1.54, 1.807) is 13.0 Å². The fourth-order valence-corrected chi connectivity index (χ4v) is 3.65. The first-order valence-corrected chi connectivity index (χ1v) is 9.74. The summed E-state index contributed by atoms with van der Waals surface area (Å²) in [5.41, 5.74) is 2.08. The molecule has 0 atom stereocenters. The summed E-state index contributed by atoms with van der Waals surface area (Å²) in [5, 5.41) is -0.232. The van der Waals surface area contributed by atoms with Gasteiger partial charge in [0, 0.05) is 12.1 Å². The van der Waals surface area contributed by atoms with Crippen molar-refractivity contribution >= 4 is 29.0 Å². The molecule has 0 spiro atoms. The number of hydrogen-bond donors (Lipinski definition) is 0. The van der Waals surface area contributed by atoms with Crippen LogP contribution >= 0.6 is 11.8 Å². The quantitative estimate of drug-likeness (QED) is 0.625. The molecule has 0 bridgehead atoms. The van der Waals surface area contributed by atoms with Gasteiger partial charge >= 0.3 is 0 Å². The monoisotopic (exact) mass is 381 g/mol. The van der Waals surface area contributed by atoms with Crippen LogP contribution in [0.3, 0.4) is 0 Å². The van der Waals surface area contributed by atoms with E-state index in [1.165, 1.54) is 10.5 Å². The predicted octanol–water partition coefficient (Wildman–Crippen LogP) is 5.83. The lowest BCUT2D eigenvalue weighted by molar-refractivity contribution is -0.122. The van der Waals surface area contributed by atoms with E-state index in [-0.39, 0.29) is 16.6 Å². The number of thioether (sulfide) groups is 1. The van der Waals surface area contributed by atoms with E-state index >= 15 is 0 Å². The first-order valence-electron chi connectivity index (χ1n) is 8.92. The zero-order chi connectivity index (χ0) is 19.6. The van der Waals surface area contributed by atoms with Gasteiger partial charge in [0.15, 0.2) is 0 Å². The van der Waals surface area contributed by atoms with Crippen LogP contribution in [0.25, 0.3) is 6.08 Å². The number of imide groups is 1. The van der Waals surface area contributed by atoms with Crippen molar-refractivity contribution in [2.75, 3.05) is 6.54 Å². The molecule has 1 fully saturated rings. The Bertz CT molecular complexity index is 895. The second-order valence-corrected chi connectivity index (χ2v) is 8.33. The van der Waals surface area contributed by atoms with Crippen molar-refractivity contribution in [1.82, 2.24) is 4.90 Å². The maximum Gasteiger partial charge on any atom is 0.293 e. The summed E-state index contributed by atoms with van der Waals surface area (Å²) >= 11 is 0.964. The molecular formula is C22H23NO3S. The van der Waals surface area contributed by atoms with Crippen molar-refractivity contribution in [3.8, 4) is 11.5 Å². The van der Waals surface area contributed by atoms with Crippen LogP contribution in [0.4, 0.5) is 4.79 Å². The first kappa shape index (κ1) is 19.2. The van der Waals surface area contributed by atoms with Crippen LogP contribution in [0.2, 0.25) is 0 Å². The van der Waals surface area contributed by atoms with E-state index in [4.69, 9.17) is 4.74 Å². The molecule has 140 valence electrons. The Balaban J connectivity index is 1.86. The third kappa shape index (κ3) is 4.25. The second-order valence-electron chi connectivity index (χ2n) is 7.34. The number of carbonyl (C=O) groups excluding carboxylic acids is 2. The lowest BCUT2D eigenvalue weighted by Gasteiger charge is -2.19. The minimum atomic E-state index is -0.253. The van der Waals surface area contributed by atoms with Crippen LogP contribution in [0, 0.1) is 0 Å². The first-order chi connectivity index (χ1) is 12.8. The van der Waals surface area contributed by atoms with Gasteiger partial charge in [-0.15, -0.1) is 0 Å². The number of nitrogens with zero attached hydrogens (tertiary/aromatic N) is 1. The Morgan fingerprint density at radius 3 is 2.30 bits per heavy atom. The smallest absolute Gasteiger partial charge is 0.293 e. The molecule has 27 heavy (non-hydrogen) atoms. The summed E-state index contributed by atoms with van der Waals surface area (Å²) in [7, 11) is 0. The van der Waals surface area contributed by atoms with Gasteiger partial charge in [-0.2, -0.15) is 0 Å². The maximum atomic E-state index is 12.3. The lowest BCUT2D eigenvalue weighted by Crippen LogP contribution is -2.27. The van der Waals surface area contributed by atoms with Crippen LogP contribution in [-0.2, 0) is 10.2 Å². The number of benzene rings is 2. The van der Waals surface area contributed by atoms with E-state index in [9.17, 15) is 9.59 Å². The summed E-state index contributed by atoms with van der Waals surface area (Å²) < 4.78 is 6.04. The van der Waals surface area contributed by atoms with Crippen molar-refractivity contribution in [3.05, 3.63) is 64.6 Å². The molecule has 4 nitrogen and oxygen atoms in total. The molecule has 0 saturated carbocycles. The molecule has 2 amide bonds. The Morgan fingerprint density at radius 2 is 1.70 bits per heavy atom. The van der Waals surface area contributed by atoms with Gasteiger partial charge in [0.1, 0.15) is 11.5 Å². The molecule has 5 heteroatoms. The van der Waals surface area contributed by atoms with Crippen molar-refractivity contribution < 1.29 is 14.3 Å². The molecule has 0 aromatic heterocycles. The zero-order valence-corrected chi connectivity index (χ0v) is 16.8. The van der Waals surface area contributed by atoms with Gasteiger partial charge in [-0.3, -0.25) is 14.5 Å². The Hall–Kier alpha value is -2.53. The number of amides is 2. The Morgan fingerprint density at radius 1 is 1.04 bits per heavy atom. The summed E-state index contributed by atoms with van der Waals surface area (Å²) in [4.78, 5) is 25.9. The third-order valence-corrected chi connectivity index (χ3v) is 5.25. The number of likely N-dealkylation sites (N-methyl/N-ethyl adjacent to an activating group) is 1. The molecule has 1 aliphatic heterocycles. The van der Waals surface area contributed by atoms with E-state index in [1.807, 2.05) is 36.4 Å². The molecule has 1 aliphatic rings. The Labute approximate surface area is 164 Å². The standard InChI is InChI=1S/C22H23NO3S/c1-5-23-20(24)19(27-21(23)25)14-15-8-6-7-9-18(15)26-17-12-10-16(11-13-17)22(2,3)4/h6-14H,5H2,1-4H3. The van der Waals surface area contributed by atoms with E-state index in [2.05, 4.69) is 32.9 Å². The third-order valence-electron chi connectivity index (χ3n) is 4.34. The number of para-hydroxylation sites is 1. The highest BCUT2D eigenvalue weighted by Gasteiger charge is 2.33. The number of hydrogen-bond acceptors (Lipinski definition) is 4. The van der Waals surface area contributed by atoms with Gasteiger partial charge < -0.3 is 4.74 Å². The van der Waals surface area contributed by atoms with Crippen LogP contribution < -0.4 is 4.74 Å². The highest BCUT2D eigenvalue weighted by Crippen LogP contribution is 2.35. The van der Waals surface area contributed by atoms with Crippen LogP contribution in [0.1, 0.15) is 38.8 Å². The summed E-state index contributed by atoms with van der Waals surface area (Å²) in [6.45, 7) is 8.67. The average molecular weight is 381 g/mol. The highest BCUT2D eigenvalue weighted by atomic mass is 32.2. The van der Waals surface area contributed by atoms with Gasteiger partial charge in [-0.1, -0.05) is 51.1 Å². The largest absolute Gasteiger partial charge is 0.457 e. The van der Waals surface area contributed by atoms with Gasteiger partial charge in [-0.05, 0) is 53.9 Å². The lowest BCUT2D eigenvalue weighted by atomic mass is 9.87. The topological polar surface area (TPSA) is 46.6 Å². The highest BCUT2D eigenvalue weighted by molar-refractivity contribution is 8.18. The normalized spacial score (nSPS) is 16.3. The van der Waals surface area contributed by atoms with E-state index in [0.717, 1.165) is 23.1 Å². The number of ether oxygens (including phenoxy) is 1. The van der Waals surface area contributed by atoms with Gasteiger partial charge in [0.25, 0.3) is 11.1 Å². The summed E-state index contributed by atoms with van der Waals surface area (Å²) in [6, 6.07) is 15.5. The van der Waals surface area contributed by atoms with Gasteiger partial charge in [0.05, 0.1) is 4.91 Å². The van der Waals surface area contributed by atoms with Gasteiger partial charge in [-0.25, -0.2) is 0 Å². The molecule has 2 aromatic rings. The number of carbonyl (C=O) groups is 2. The fraction of sp³-hybridized carbons (Fsp3) is 0.273.